The molecule has 2 rings (SSSR count). The molecule has 0 saturated heterocycles. The van der Waals surface area contributed by atoms with Crippen molar-refractivity contribution in [2.75, 3.05) is 11.9 Å². The lowest BCUT2D eigenvalue weighted by Gasteiger charge is -2.10. The Morgan fingerprint density at radius 3 is 2.65 bits per heavy atom. The Morgan fingerprint density at radius 1 is 1.25 bits per heavy atom. The van der Waals surface area contributed by atoms with Crippen LogP contribution in [-0.4, -0.2) is 17.6 Å². The molecule has 0 spiro atoms. The van der Waals surface area contributed by atoms with Gasteiger partial charge in [-0.2, -0.15) is 0 Å². The summed E-state index contributed by atoms with van der Waals surface area (Å²) in [7, 11) is 0. The topological polar surface area (TPSA) is 49.3 Å². The van der Waals surface area contributed by atoms with Crippen LogP contribution >= 0.6 is 0 Å². The molecule has 0 bridgehead atoms. The van der Waals surface area contributed by atoms with E-state index in [0.29, 0.717) is 18.5 Å². The summed E-state index contributed by atoms with van der Waals surface area (Å²) >= 11 is 0. The van der Waals surface area contributed by atoms with E-state index in [4.69, 9.17) is 5.11 Å². The van der Waals surface area contributed by atoms with Crippen molar-refractivity contribution in [3.05, 3.63) is 65.0 Å². The largest absolute Gasteiger partial charge is 0.478 e. The van der Waals surface area contributed by atoms with Crippen LogP contribution in [0.3, 0.4) is 0 Å². The Balaban J connectivity index is 1.98. The number of hydrogen-bond donors (Lipinski definition) is 2. The van der Waals surface area contributed by atoms with Crippen LogP contribution < -0.4 is 5.32 Å². The average Bonchev–Trinajstić information content (AvgIpc) is 2.42. The maximum atomic E-state index is 13.4. The number of rotatable bonds is 5. The zero-order chi connectivity index (χ0) is 14.5. The molecule has 2 aromatic rings. The monoisotopic (exact) mass is 273 g/mol. The van der Waals surface area contributed by atoms with E-state index in [1.54, 1.807) is 30.3 Å². The number of anilines is 1. The van der Waals surface area contributed by atoms with Gasteiger partial charge in [0.1, 0.15) is 5.82 Å². The van der Waals surface area contributed by atoms with Crippen molar-refractivity contribution in [1.82, 2.24) is 0 Å². The Morgan fingerprint density at radius 2 is 2.00 bits per heavy atom. The van der Waals surface area contributed by atoms with Crippen molar-refractivity contribution in [2.24, 2.45) is 0 Å². The Hall–Kier alpha value is -2.36. The molecule has 0 atom stereocenters. The van der Waals surface area contributed by atoms with Crippen molar-refractivity contribution in [1.29, 1.82) is 0 Å². The lowest BCUT2D eigenvalue weighted by Crippen LogP contribution is -2.08. The van der Waals surface area contributed by atoms with E-state index < -0.39 is 5.97 Å². The molecular formula is C16H16FNO2. The second kappa shape index (κ2) is 6.19. The van der Waals surface area contributed by atoms with Crippen LogP contribution in [0.15, 0.2) is 42.5 Å². The predicted molar refractivity (Wildman–Crippen MR) is 76.7 cm³/mol. The first-order valence-corrected chi connectivity index (χ1v) is 6.39. The molecule has 3 nitrogen and oxygen atoms in total. The van der Waals surface area contributed by atoms with Gasteiger partial charge < -0.3 is 10.4 Å². The number of nitrogens with one attached hydrogen (secondary N) is 1. The van der Waals surface area contributed by atoms with E-state index in [0.717, 1.165) is 11.3 Å². The molecular weight excluding hydrogens is 257 g/mol. The molecule has 4 heteroatoms. The van der Waals surface area contributed by atoms with Crippen LogP contribution in [0, 0.1) is 12.7 Å². The summed E-state index contributed by atoms with van der Waals surface area (Å²) in [4.78, 5) is 10.8. The van der Waals surface area contributed by atoms with Crippen molar-refractivity contribution >= 4 is 11.7 Å². The predicted octanol–water partition coefficient (Wildman–Crippen LogP) is 3.49. The molecule has 0 fully saturated rings. The maximum Gasteiger partial charge on any atom is 0.335 e. The number of carboxylic acids is 1. The maximum absolute atomic E-state index is 13.4. The van der Waals surface area contributed by atoms with Gasteiger partial charge in [0.2, 0.25) is 0 Å². The molecule has 2 aromatic carbocycles. The summed E-state index contributed by atoms with van der Waals surface area (Å²) in [5.74, 6) is -1.14. The third-order valence-corrected chi connectivity index (χ3v) is 3.14. The highest BCUT2D eigenvalue weighted by molar-refractivity contribution is 5.88. The standard InChI is InChI=1S/C16H16FNO2/c1-11-10-13(16(19)20)6-7-15(11)18-9-8-12-4-2-3-5-14(12)17/h2-7,10,18H,8-9H2,1H3,(H,19,20). The van der Waals surface area contributed by atoms with Crippen LogP contribution in [0.5, 0.6) is 0 Å². The third-order valence-electron chi connectivity index (χ3n) is 3.14. The van der Waals surface area contributed by atoms with Crippen LogP contribution in [0.25, 0.3) is 0 Å². The minimum Gasteiger partial charge on any atom is -0.478 e. The number of halogens is 1. The van der Waals surface area contributed by atoms with E-state index in [1.807, 2.05) is 13.0 Å². The molecule has 0 unspecified atom stereocenters. The number of aromatic carboxylic acids is 1. The SMILES string of the molecule is Cc1cc(C(=O)O)ccc1NCCc1ccccc1F. The Labute approximate surface area is 117 Å². The van der Waals surface area contributed by atoms with E-state index >= 15 is 0 Å². The number of benzene rings is 2. The molecule has 0 amide bonds. The highest BCUT2D eigenvalue weighted by Crippen LogP contribution is 2.17. The zero-order valence-corrected chi connectivity index (χ0v) is 11.2. The fourth-order valence-electron chi connectivity index (χ4n) is 2.03. The zero-order valence-electron chi connectivity index (χ0n) is 11.2. The molecule has 0 radical (unpaired) electrons. The van der Waals surface area contributed by atoms with Crippen molar-refractivity contribution in [2.45, 2.75) is 13.3 Å². The summed E-state index contributed by atoms with van der Waals surface area (Å²) in [5.41, 5.74) is 2.66. The number of carboxylic acid groups (broad SMARTS) is 1. The molecule has 0 aromatic heterocycles. The molecule has 0 aliphatic heterocycles. The van der Waals surface area contributed by atoms with Crippen LogP contribution in [0.2, 0.25) is 0 Å². The van der Waals surface area contributed by atoms with Crippen LogP contribution in [0.1, 0.15) is 21.5 Å². The molecule has 104 valence electrons. The van der Waals surface area contributed by atoms with Gasteiger partial charge >= 0.3 is 5.97 Å². The highest BCUT2D eigenvalue weighted by atomic mass is 19.1. The van der Waals surface area contributed by atoms with Crippen LogP contribution in [-0.2, 0) is 6.42 Å². The molecule has 0 heterocycles. The lowest BCUT2D eigenvalue weighted by atomic mass is 10.1. The first-order valence-electron chi connectivity index (χ1n) is 6.39. The van der Waals surface area contributed by atoms with Gasteiger partial charge in [0, 0.05) is 12.2 Å². The normalized spacial score (nSPS) is 10.3. The summed E-state index contributed by atoms with van der Waals surface area (Å²) in [5, 5.41) is 12.1. The number of hydrogen-bond acceptors (Lipinski definition) is 2. The third kappa shape index (κ3) is 3.35. The van der Waals surface area contributed by atoms with Gasteiger partial charge in [-0.05, 0) is 48.7 Å². The number of carbonyl (C=O) groups is 1. The first-order chi connectivity index (χ1) is 9.58. The first kappa shape index (κ1) is 14.1. The van der Waals surface area contributed by atoms with E-state index in [1.165, 1.54) is 6.07 Å². The molecule has 0 saturated carbocycles. The quantitative estimate of drug-likeness (QED) is 0.876. The van der Waals surface area contributed by atoms with Gasteiger partial charge in [0.25, 0.3) is 0 Å². The average molecular weight is 273 g/mol. The minimum atomic E-state index is -0.939. The second-order valence-electron chi connectivity index (χ2n) is 4.60. The Kier molecular flexibility index (Phi) is 4.35. The summed E-state index contributed by atoms with van der Waals surface area (Å²) in [6, 6.07) is 11.6. The van der Waals surface area contributed by atoms with Gasteiger partial charge in [-0.1, -0.05) is 18.2 Å². The van der Waals surface area contributed by atoms with Gasteiger partial charge in [0.05, 0.1) is 5.56 Å². The minimum absolute atomic E-state index is 0.202. The van der Waals surface area contributed by atoms with E-state index in [-0.39, 0.29) is 11.4 Å². The molecule has 0 aliphatic rings. The van der Waals surface area contributed by atoms with Gasteiger partial charge in [-0.25, -0.2) is 9.18 Å². The van der Waals surface area contributed by atoms with Crippen molar-refractivity contribution < 1.29 is 14.3 Å². The summed E-state index contributed by atoms with van der Waals surface area (Å²) in [6.45, 7) is 2.44. The van der Waals surface area contributed by atoms with Gasteiger partial charge in [0.15, 0.2) is 0 Å². The molecule has 0 aliphatic carbocycles. The summed E-state index contributed by atoms with van der Waals surface area (Å²) < 4.78 is 13.4. The van der Waals surface area contributed by atoms with Crippen LogP contribution in [0.4, 0.5) is 10.1 Å². The summed E-state index contributed by atoms with van der Waals surface area (Å²) in [6.07, 6.45) is 0.576. The van der Waals surface area contributed by atoms with E-state index in [2.05, 4.69) is 5.32 Å². The molecule has 20 heavy (non-hydrogen) atoms. The van der Waals surface area contributed by atoms with E-state index in [9.17, 15) is 9.18 Å². The van der Waals surface area contributed by atoms with Crippen molar-refractivity contribution in [3.63, 3.8) is 0 Å². The second-order valence-corrected chi connectivity index (χ2v) is 4.60. The fourth-order valence-corrected chi connectivity index (χ4v) is 2.03. The number of aryl methyl sites for hydroxylation is 1. The fraction of sp³-hybridized carbons (Fsp3) is 0.188. The lowest BCUT2D eigenvalue weighted by molar-refractivity contribution is 0.0697. The highest BCUT2D eigenvalue weighted by Gasteiger charge is 2.06. The molecule has 2 N–H and O–H groups in total. The smallest absolute Gasteiger partial charge is 0.335 e. The van der Waals surface area contributed by atoms with Crippen molar-refractivity contribution in [3.8, 4) is 0 Å². The Bertz CT molecular complexity index is 626. The van der Waals surface area contributed by atoms with Gasteiger partial charge in [-0.3, -0.25) is 0 Å². The van der Waals surface area contributed by atoms with Gasteiger partial charge in [-0.15, -0.1) is 0 Å².